The Labute approximate surface area is 90.8 Å². The molecule has 1 atom stereocenters. The van der Waals surface area contributed by atoms with Crippen molar-refractivity contribution in [2.75, 3.05) is 13.1 Å². The number of aliphatic hydroxyl groups is 1. The Morgan fingerprint density at radius 2 is 2.40 bits per heavy atom. The summed E-state index contributed by atoms with van der Waals surface area (Å²) < 4.78 is 0. The van der Waals surface area contributed by atoms with Gasteiger partial charge in [-0.15, -0.1) is 0 Å². The van der Waals surface area contributed by atoms with E-state index in [1.807, 2.05) is 0 Å². The van der Waals surface area contributed by atoms with E-state index in [2.05, 4.69) is 6.08 Å². The maximum absolute atomic E-state index is 11.8. The van der Waals surface area contributed by atoms with E-state index < -0.39 is 0 Å². The number of hydrogen-bond donors (Lipinski definition) is 1. The van der Waals surface area contributed by atoms with E-state index in [9.17, 15) is 9.90 Å². The first-order chi connectivity index (χ1) is 7.25. The van der Waals surface area contributed by atoms with Gasteiger partial charge in [0.15, 0.2) is 0 Å². The van der Waals surface area contributed by atoms with Crippen molar-refractivity contribution in [3.05, 3.63) is 11.6 Å². The van der Waals surface area contributed by atoms with Gasteiger partial charge < -0.3 is 10.0 Å². The molecule has 84 valence electrons. The van der Waals surface area contributed by atoms with Crippen molar-refractivity contribution < 1.29 is 9.90 Å². The molecule has 3 heteroatoms. The first kappa shape index (κ1) is 10.7. The molecule has 1 saturated heterocycles. The zero-order valence-electron chi connectivity index (χ0n) is 9.11. The monoisotopic (exact) mass is 209 g/mol. The zero-order chi connectivity index (χ0) is 10.7. The lowest BCUT2D eigenvalue weighted by atomic mass is 9.97. The van der Waals surface area contributed by atoms with Gasteiger partial charge in [0.2, 0.25) is 5.91 Å². The van der Waals surface area contributed by atoms with Crippen molar-refractivity contribution in [1.82, 2.24) is 4.90 Å². The van der Waals surface area contributed by atoms with Crippen molar-refractivity contribution in [2.45, 2.75) is 44.6 Å². The molecule has 0 aromatic rings. The van der Waals surface area contributed by atoms with E-state index in [0.29, 0.717) is 13.0 Å². The standard InChI is InChI=1S/C12H19NO2/c14-11-6-7-13(9-11)12(15)8-10-4-2-1-3-5-10/h4,11,14H,1-3,5-9H2. The van der Waals surface area contributed by atoms with Gasteiger partial charge in [0, 0.05) is 19.5 Å². The summed E-state index contributed by atoms with van der Waals surface area (Å²) in [5, 5.41) is 9.35. The molecule has 1 fully saturated rings. The maximum Gasteiger partial charge on any atom is 0.226 e. The minimum Gasteiger partial charge on any atom is -0.391 e. The van der Waals surface area contributed by atoms with Crippen LogP contribution in [0.15, 0.2) is 11.6 Å². The molecule has 0 aromatic carbocycles. The van der Waals surface area contributed by atoms with E-state index in [1.165, 1.54) is 18.4 Å². The quantitative estimate of drug-likeness (QED) is 0.700. The SMILES string of the molecule is O=C(CC1=CCCCC1)N1CCC(O)C1. The molecule has 1 heterocycles. The Morgan fingerprint density at radius 3 is 3.00 bits per heavy atom. The largest absolute Gasteiger partial charge is 0.391 e. The van der Waals surface area contributed by atoms with E-state index in [-0.39, 0.29) is 12.0 Å². The molecular formula is C12H19NO2. The molecule has 1 aliphatic heterocycles. The van der Waals surface area contributed by atoms with Gasteiger partial charge in [-0.1, -0.05) is 11.6 Å². The molecule has 2 rings (SSSR count). The van der Waals surface area contributed by atoms with Crippen molar-refractivity contribution in [2.24, 2.45) is 0 Å². The highest BCUT2D eigenvalue weighted by atomic mass is 16.3. The number of likely N-dealkylation sites (tertiary alicyclic amines) is 1. The summed E-state index contributed by atoms with van der Waals surface area (Å²) in [4.78, 5) is 13.6. The van der Waals surface area contributed by atoms with E-state index in [0.717, 1.165) is 25.8 Å². The summed E-state index contributed by atoms with van der Waals surface area (Å²) in [5.41, 5.74) is 1.30. The Morgan fingerprint density at radius 1 is 1.53 bits per heavy atom. The van der Waals surface area contributed by atoms with Gasteiger partial charge in [-0.05, 0) is 32.1 Å². The van der Waals surface area contributed by atoms with Crippen LogP contribution < -0.4 is 0 Å². The first-order valence-corrected chi connectivity index (χ1v) is 5.89. The summed E-state index contributed by atoms with van der Waals surface area (Å²) in [7, 11) is 0. The molecule has 2 aliphatic rings. The van der Waals surface area contributed by atoms with Crippen LogP contribution in [-0.2, 0) is 4.79 Å². The van der Waals surface area contributed by atoms with Crippen LogP contribution in [0.4, 0.5) is 0 Å². The van der Waals surface area contributed by atoms with Gasteiger partial charge in [-0.2, -0.15) is 0 Å². The van der Waals surface area contributed by atoms with Crippen LogP contribution >= 0.6 is 0 Å². The second-order valence-corrected chi connectivity index (χ2v) is 4.57. The minimum absolute atomic E-state index is 0.194. The highest BCUT2D eigenvalue weighted by Crippen LogP contribution is 2.21. The molecule has 0 spiro atoms. The molecule has 0 aromatic heterocycles. The second-order valence-electron chi connectivity index (χ2n) is 4.57. The number of allylic oxidation sites excluding steroid dienone is 1. The zero-order valence-corrected chi connectivity index (χ0v) is 9.11. The predicted molar refractivity (Wildman–Crippen MR) is 58.4 cm³/mol. The number of β-amino-alcohol motifs (C(OH)–C–C–N with tert-alkyl or cyclic N) is 1. The number of amides is 1. The smallest absolute Gasteiger partial charge is 0.226 e. The number of rotatable bonds is 2. The number of aliphatic hydroxyl groups excluding tert-OH is 1. The molecule has 0 bridgehead atoms. The Kier molecular flexibility index (Phi) is 3.41. The Balaban J connectivity index is 1.83. The average molecular weight is 209 g/mol. The van der Waals surface area contributed by atoms with Crippen LogP contribution in [-0.4, -0.2) is 35.1 Å². The number of hydrogen-bond acceptors (Lipinski definition) is 2. The van der Waals surface area contributed by atoms with Gasteiger partial charge in [0.05, 0.1) is 6.10 Å². The van der Waals surface area contributed by atoms with Crippen LogP contribution in [0.3, 0.4) is 0 Å². The highest BCUT2D eigenvalue weighted by Gasteiger charge is 2.24. The van der Waals surface area contributed by atoms with Crippen LogP contribution in [0, 0.1) is 0 Å². The fourth-order valence-corrected chi connectivity index (χ4v) is 2.34. The van der Waals surface area contributed by atoms with Gasteiger partial charge in [-0.3, -0.25) is 4.79 Å². The molecule has 1 aliphatic carbocycles. The second kappa shape index (κ2) is 4.79. The Hall–Kier alpha value is -0.830. The van der Waals surface area contributed by atoms with Gasteiger partial charge in [0.25, 0.3) is 0 Å². The number of carbonyl (C=O) groups is 1. The third kappa shape index (κ3) is 2.81. The lowest BCUT2D eigenvalue weighted by Gasteiger charge is -2.18. The minimum atomic E-state index is -0.297. The molecule has 0 saturated carbocycles. The van der Waals surface area contributed by atoms with E-state index >= 15 is 0 Å². The lowest BCUT2D eigenvalue weighted by Crippen LogP contribution is -2.29. The molecule has 1 amide bonds. The number of nitrogens with zero attached hydrogens (tertiary/aromatic N) is 1. The first-order valence-electron chi connectivity index (χ1n) is 5.89. The predicted octanol–water partition coefficient (Wildman–Crippen LogP) is 1.47. The summed E-state index contributed by atoms with van der Waals surface area (Å²) >= 11 is 0. The highest BCUT2D eigenvalue weighted by molar-refractivity contribution is 5.79. The molecule has 1 N–H and O–H groups in total. The third-order valence-corrected chi connectivity index (χ3v) is 3.28. The maximum atomic E-state index is 11.8. The summed E-state index contributed by atoms with van der Waals surface area (Å²) in [6.07, 6.45) is 7.94. The molecule has 3 nitrogen and oxygen atoms in total. The summed E-state index contributed by atoms with van der Waals surface area (Å²) in [5.74, 6) is 0.194. The van der Waals surface area contributed by atoms with Crippen molar-refractivity contribution >= 4 is 5.91 Å². The van der Waals surface area contributed by atoms with Gasteiger partial charge in [-0.25, -0.2) is 0 Å². The van der Waals surface area contributed by atoms with Crippen LogP contribution in [0.1, 0.15) is 38.5 Å². The Bertz CT molecular complexity index is 273. The van der Waals surface area contributed by atoms with Crippen LogP contribution in [0.5, 0.6) is 0 Å². The van der Waals surface area contributed by atoms with Crippen LogP contribution in [0.2, 0.25) is 0 Å². The normalized spacial score (nSPS) is 26.6. The molecule has 1 unspecified atom stereocenters. The fourth-order valence-electron chi connectivity index (χ4n) is 2.34. The van der Waals surface area contributed by atoms with Crippen molar-refractivity contribution in [3.63, 3.8) is 0 Å². The molecule has 0 radical (unpaired) electrons. The van der Waals surface area contributed by atoms with Crippen molar-refractivity contribution in [1.29, 1.82) is 0 Å². The average Bonchev–Trinajstić information content (AvgIpc) is 2.66. The fraction of sp³-hybridized carbons (Fsp3) is 0.750. The molecular weight excluding hydrogens is 190 g/mol. The topological polar surface area (TPSA) is 40.5 Å². The number of carbonyl (C=O) groups excluding carboxylic acids is 1. The third-order valence-electron chi connectivity index (χ3n) is 3.28. The van der Waals surface area contributed by atoms with Crippen LogP contribution in [0.25, 0.3) is 0 Å². The molecule has 15 heavy (non-hydrogen) atoms. The van der Waals surface area contributed by atoms with E-state index in [1.54, 1.807) is 4.90 Å². The summed E-state index contributed by atoms with van der Waals surface area (Å²) in [6.45, 7) is 1.26. The van der Waals surface area contributed by atoms with Gasteiger partial charge >= 0.3 is 0 Å². The van der Waals surface area contributed by atoms with Crippen molar-refractivity contribution in [3.8, 4) is 0 Å². The van der Waals surface area contributed by atoms with E-state index in [4.69, 9.17) is 0 Å². The van der Waals surface area contributed by atoms with Gasteiger partial charge in [0.1, 0.15) is 0 Å². The lowest BCUT2D eigenvalue weighted by molar-refractivity contribution is -0.129. The summed E-state index contributed by atoms with van der Waals surface area (Å²) in [6, 6.07) is 0.